The van der Waals surface area contributed by atoms with E-state index in [1.165, 1.54) is 36.4 Å². The molecule has 492 valence electrons. The first-order valence-corrected chi connectivity index (χ1v) is 33.9. The largest absolute Gasteiger partial charge is 0.465 e. The van der Waals surface area contributed by atoms with Gasteiger partial charge in [-0.25, -0.2) is 9.59 Å². The highest BCUT2D eigenvalue weighted by Crippen LogP contribution is 2.54. The molecule has 1 amide bonds. The average molecular weight is 1350 g/mol. The molecule has 11 aromatic carbocycles. The number of nitrogens with one attached hydrogen (secondary N) is 2. The topological polar surface area (TPSA) is 195 Å². The molecule has 5 N–H and O–H groups in total. The Balaban J connectivity index is 0.000000123. The third kappa shape index (κ3) is 14.9. The molecule has 5 heterocycles. The van der Waals surface area contributed by atoms with Gasteiger partial charge in [0.25, 0.3) is 0 Å². The van der Waals surface area contributed by atoms with Crippen LogP contribution in [0.3, 0.4) is 0 Å². The number of carbonyl (C=O) groups excluding carboxylic acids is 3. The van der Waals surface area contributed by atoms with Gasteiger partial charge in [0, 0.05) is 103 Å². The van der Waals surface area contributed by atoms with Crippen LogP contribution in [0.15, 0.2) is 316 Å². The predicted molar refractivity (Wildman–Crippen MR) is 397 cm³/mol. The van der Waals surface area contributed by atoms with Gasteiger partial charge in [0.05, 0.1) is 54.0 Å². The van der Waals surface area contributed by atoms with Crippen LogP contribution < -0.4 is 5.32 Å². The predicted octanol–water partition coefficient (Wildman–Crippen LogP) is 18.5. The molecule has 1 atom stereocenters. The minimum absolute atomic E-state index is 0.0795. The number of benzene rings is 11. The van der Waals surface area contributed by atoms with E-state index >= 15 is 0 Å². The minimum atomic E-state index is -4.85. The van der Waals surface area contributed by atoms with E-state index < -0.39 is 19.2 Å². The van der Waals surface area contributed by atoms with Crippen molar-refractivity contribution in [2.45, 2.75) is 18.1 Å². The molecule has 99 heavy (non-hydrogen) atoms. The number of esters is 2. The monoisotopic (exact) mass is 1350 g/mol. The van der Waals surface area contributed by atoms with E-state index in [1.807, 2.05) is 211 Å². The van der Waals surface area contributed by atoms with Crippen molar-refractivity contribution in [3.63, 3.8) is 0 Å². The summed E-state index contributed by atoms with van der Waals surface area (Å²) in [5, 5.41) is 18.7. The number of halogens is 1. The fourth-order valence-electron chi connectivity index (χ4n) is 12.2. The van der Waals surface area contributed by atoms with Gasteiger partial charge in [0.15, 0.2) is 5.66 Å². The Hall–Kier alpha value is -11.8. The molecule has 1 unspecified atom stereocenters. The molecule has 0 radical (unpaired) electrons. The van der Waals surface area contributed by atoms with Gasteiger partial charge in [-0.15, -0.1) is 11.6 Å². The van der Waals surface area contributed by atoms with Crippen molar-refractivity contribution in [2.75, 3.05) is 19.5 Å². The van der Waals surface area contributed by atoms with Gasteiger partial charge < -0.3 is 52.9 Å². The number of hydrogen-bond acceptors (Lipinski definition) is 7. The van der Waals surface area contributed by atoms with E-state index in [-0.39, 0.29) is 24.1 Å². The van der Waals surface area contributed by atoms with Gasteiger partial charge in [0.2, 0.25) is 5.91 Å². The van der Waals surface area contributed by atoms with Crippen LogP contribution in [0.5, 0.6) is 0 Å². The van der Waals surface area contributed by atoms with Crippen LogP contribution in [-0.2, 0) is 31.3 Å². The average Bonchev–Trinajstić information content (AvgIpc) is 1.61. The number of carbonyl (C=O) groups is 3. The van der Waals surface area contributed by atoms with Crippen LogP contribution in [0.25, 0.3) is 88.0 Å². The number of amides is 1. The van der Waals surface area contributed by atoms with E-state index in [2.05, 4.69) is 89.5 Å². The molecule has 0 bridgehead atoms. The van der Waals surface area contributed by atoms with Gasteiger partial charge in [-0.2, -0.15) is 0 Å². The first kappa shape index (κ1) is 67.2. The Morgan fingerprint density at radius 1 is 0.455 bits per heavy atom. The molecule has 16 aromatic rings. The van der Waals surface area contributed by atoms with Crippen LogP contribution >= 0.6 is 19.2 Å². The molecule has 0 aliphatic carbocycles. The highest BCUT2D eigenvalue weighted by Gasteiger charge is 2.39. The van der Waals surface area contributed by atoms with Gasteiger partial charge in [-0.3, -0.25) is 9.36 Å². The Bertz CT molecular complexity index is 5390. The third-order valence-corrected chi connectivity index (χ3v) is 18.3. The number of aromatic amines is 1. The third-order valence-electron chi connectivity index (χ3n) is 16.9. The molecular formula is C82H68ClN6O9P. The molecule has 17 heteroatoms. The number of alkyl halides is 1. The van der Waals surface area contributed by atoms with E-state index in [1.54, 1.807) is 48.8 Å². The van der Waals surface area contributed by atoms with Crippen molar-refractivity contribution in [1.29, 1.82) is 0 Å². The summed E-state index contributed by atoms with van der Waals surface area (Å²) in [6.07, 6.45) is 9.54. The van der Waals surface area contributed by atoms with Gasteiger partial charge >= 0.3 is 19.5 Å². The molecular weight excluding hydrogens is 1280 g/mol. The molecule has 0 aliphatic heterocycles. The van der Waals surface area contributed by atoms with Crippen LogP contribution in [0.4, 0.5) is 5.69 Å². The maximum absolute atomic E-state index is 13.3. The lowest BCUT2D eigenvalue weighted by Crippen LogP contribution is -2.21. The quantitative estimate of drug-likeness (QED) is 0.0449. The fraction of sp³-hybridized carbons (Fsp3) is 0.0610. The van der Waals surface area contributed by atoms with Crippen molar-refractivity contribution in [2.24, 2.45) is 0 Å². The molecule has 0 aliphatic rings. The molecule has 0 saturated heterocycles. The van der Waals surface area contributed by atoms with Crippen LogP contribution in [0.2, 0.25) is 0 Å². The number of fused-ring (bicyclic) bond motifs is 6. The SMILES string of the molecule is COC(=O)c1cccc2[nH]ccc12.COC(=O)c1cccc2c1ccn2-c1ccccc1.ClCc1cccc2c1ccn2-c1ccccc1.O=C(Nc1ccc2ccccc2c1)C(c1cn(-c2ccccc2)c2ccccc12)P(=O)(O)O.OCc1cccc2c1ccn2-c1ccccc1. The Labute approximate surface area is 575 Å². The summed E-state index contributed by atoms with van der Waals surface area (Å²) in [6.45, 7) is 0.0795. The van der Waals surface area contributed by atoms with Crippen molar-refractivity contribution < 1.29 is 43.3 Å². The van der Waals surface area contributed by atoms with Crippen LogP contribution in [0.1, 0.15) is 43.1 Å². The smallest absolute Gasteiger partial charge is 0.342 e. The maximum Gasteiger partial charge on any atom is 0.342 e. The summed E-state index contributed by atoms with van der Waals surface area (Å²) in [5.41, 5.74) is 11.7. The molecule has 0 saturated carbocycles. The number of aliphatic hydroxyl groups is 1. The summed E-state index contributed by atoms with van der Waals surface area (Å²) in [5.74, 6) is -0.813. The number of para-hydroxylation sites is 5. The maximum atomic E-state index is 13.3. The number of aliphatic hydroxyl groups excluding tert-OH is 1. The van der Waals surface area contributed by atoms with Crippen molar-refractivity contribution in [1.82, 2.24) is 23.3 Å². The highest BCUT2D eigenvalue weighted by molar-refractivity contribution is 7.53. The highest BCUT2D eigenvalue weighted by atomic mass is 35.5. The van der Waals surface area contributed by atoms with E-state index in [0.717, 1.165) is 71.6 Å². The number of nitrogens with zero attached hydrogens (tertiary/aromatic N) is 4. The Morgan fingerprint density at radius 2 is 0.889 bits per heavy atom. The standard InChI is InChI=1S/C26H21N2O4P.C16H13NO2.C15H12ClN.C15H13NO.C10H9NO2/c29-26(27-20-15-14-18-8-4-5-9-19(18)16-20)25(33(30,31)32)23-17-28(21-10-2-1-3-11-21)24-13-7-6-12-22(23)24;1-19-16(18)14-8-5-9-15-13(14)10-11-17(15)12-6-3-2-4-7-12;16-11-12-5-4-8-15-14(12)9-10-17(15)13-6-2-1-3-7-13;17-11-12-5-4-8-15-14(12)9-10-16(15)13-6-2-1-3-7-13;1-13-10(12)8-3-2-4-9-7(8)5-6-11-9/h1-17,25H,(H,27,29)(H2,30,31,32);2-11H,1H3;1-10H,11H2;1-10,17H,11H2;2-6,11H,1H3. The van der Waals surface area contributed by atoms with Crippen LogP contribution in [0, 0.1) is 0 Å². The lowest BCUT2D eigenvalue weighted by molar-refractivity contribution is -0.116. The molecule has 15 nitrogen and oxygen atoms in total. The second kappa shape index (κ2) is 30.9. The van der Waals surface area contributed by atoms with Crippen molar-refractivity contribution in [3.05, 3.63) is 344 Å². The van der Waals surface area contributed by atoms with Crippen molar-refractivity contribution in [3.8, 4) is 22.7 Å². The summed E-state index contributed by atoms with van der Waals surface area (Å²) in [6, 6.07) is 91.8. The molecule has 5 aromatic heterocycles. The Kier molecular flexibility index (Phi) is 21.0. The zero-order chi connectivity index (χ0) is 68.8. The Morgan fingerprint density at radius 3 is 1.42 bits per heavy atom. The first-order chi connectivity index (χ1) is 48.3. The van der Waals surface area contributed by atoms with Gasteiger partial charge in [-0.05, 0) is 149 Å². The number of aromatic nitrogens is 5. The number of methoxy groups -OCH3 is 2. The normalized spacial score (nSPS) is 11.3. The lowest BCUT2D eigenvalue weighted by atomic mass is 10.1. The first-order valence-electron chi connectivity index (χ1n) is 31.7. The molecule has 0 fully saturated rings. The van der Waals surface area contributed by atoms with Gasteiger partial charge in [-0.1, -0.05) is 158 Å². The van der Waals surface area contributed by atoms with Gasteiger partial charge in [0.1, 0.15) is 0 Å². The molecule has 0 spiro atoms. The number of H-pyrrole nitrogens is 1. The fourth-order valence-corrected chi connectivity index (χ4v) is 13.3. The van der Waals surface area contributed by atoms with E-state index in [0.29, 0.717) is 28.1 Å². The zero-order valence-corrected chi connectivity index (χ0v) is 55.6. The second-order valence-electron chi connectivity index (χ2n) is 22.9. The number of hydrogen-bond donors (Lipinski definition) is 5. The van der Waals surface area contributed by atoms with E-state index in [9.17, 15) is 33.8 Å². The summed E-state index contributed by atoms with van der Waals surface area (Å²) in [7, 11) is -2.07. The summed E-state index contributed by atoms with van der Waals surface area (Å²) in [4.78, 5) is 59.8. The lowest BCUT2D eigenvalue weighted by Gasteiger charge is -2.18. The zero-order valence-electron chi connectivity index (χ0n) is 53.9. The minimum Gasteiger partial charge on any atom is -0.465 e. The molecule has 16 rings (SSSR count). The van der Waals surface area contributed by atoms with Crippen molar-refractivity contribution >= 4 is 108 Å². The number of anilines is 1. The van der Waals surface area contributed by atoms with Crippen LogP contribution in [-0.4, -0.2) is 70.2 Å². The number of rotatable bonds is 12. The number of ether oxygens (including phenoxy) is 2. The summed E-state index contributed by atoms with van der Waals surface area (Å²) >= 11 is 5.95. The second-order valence-corrected chi connectivity index (χ2v) is 24.8. The summed E-state index contributed by atoms with van der Waals surface area (Å²) < 4.78 is 30.3. The van der Waals surface area contributed by atoms with E-state index in [4.69, 9.17) is 16.3 Å².